The second-order valence-corrected chi connectivity index (χ2v) is 9.71. The van der Waals surface area contributed by atoms with Crippen molar-refractivity contribution in [3.05, 3.63) is 0 Å². The molecule has 0 aliphatic heterocycles. The molecule has 2 nitrogen and oxygen atoms in total. The molecule has 0 aromatic rings. The molecule has 0 bridgehead atoms. The number of hydrogen-bond acceptors (Lipinski definition) is 2. The van der Waals surface area contributed by atoms with E-state index in [9.17, 15) is 0 Å². The molecule has 3 rings (SSSR count). The van der Waals surface area contributed by atoms with E-state index in [0.29, 0.717) is 10.8 Å². The van der Waals surface area contributed by atoms with Crippen molar-refractivity contribution in [1.29, 1.82) is 0 Å². The van der Waals surface area contributed by atoms with Crippen molar-refractivity contribution < 1.29 is 0 Å². The molecule has 25 heavy (non-hydrogen) atoms. The maximum absolute atomic E-state index is 7.20. The maximum atomic E-state index is 7.20. The summed E-state index contributed by atoms with van der Waals surface area (Å²) in [6, 6.07) is 0. The van der Waals surface area contributed by atoms with Crippen molar-refractivity contribution >= 4 is 0 Å². The summed E-state index contributed by atoms with van der Waals surface area (Å²) in [6.07, 6.45) is 13.7. The summed E-state index contributed by atoms with van der Waals surface area (Å²) < 4.78 is 0. The Balaban J connectivity index is 0.000000567. The zero-order valence-corrected chi connectivity index (χ0v) is 18.5. The Kier molecular flexibility index (Phi) is 8.47. The standard InChI is InChI=1S/C19H35N.C3H8.CH5N/c1-5-10-17(3)11-6-12-19(20)15(17)9-13-18(4)14(2)7-8-16(18)19;1-3-2;1-2/h14-16H,5-13,20H2,1-4H3;3H2,1-2H3;2H2,1H3/t14?,15?,16?,17-,18+,19-;;/m0../s1. The molecule has 4 N–H and O–H groups in total. The number of hydrogen-bond donors (Lipinski definition) is 2. The zero-order chi connectivity index (χ0) is 19.3. The largest absolute Gasteiger partial charge is 0.333 e. The van der Waals surface area contributed by atoms with Gasteiger partial charge in [-0.2, -0.15) is 0 Å². The van der Waals surface area contributed by atoms with Gasteiger partial charge in [-0.05, 0) is 80.6 Å². The molecule has 0 aromatic carbocycles. The van der Waals surface area contributed by atoms with E-state index < -0.39 is 0 Å². The first-order valence-corrected chi connectivity index (χ1v) is 11.1. The fourth-order valence-electron chi connectivity index (χ4n) is 6.88. The molecule has 3 aliphatic carbocycles. The molecule has 3 fully saturated rings. The minimum Gasteiger partial charge on any atom is -0.333 e. The summed E-state index contributed by atoms with van der Waals surface area (Å²) >= 11 is 0. The molecule has 3 saturated carbocycles. The zero-order valence-electron chi connectivity index (χ0n) is 18.5. The third-order valence-electron chi connectivity index (χ3n) is 8.10. The van der Waals surface area contributed by atoms with Crippen LogP contribution in [0.25, 0.3) is 0 Å². The summed E-state index contributed by atoms with van der Waals surface area (Å²) in [5, 5.41) is 0. The van der Waals surface area contributed by atoms with E-state index in [2.05, 4.69) is 47.3 Å². The van der Waals surface area contributed by atoms with E-state index >= 15 is 0 Å². The summed E-state index contributed by atoms with van der Waals surface area (Å²) in [4.78, 5) is 0. The van der Waals surface area contributed by atoms with E-state index in [-0.39, 0.29) is 5.54 Å². The third-order valence-corrected chi connectivity index (χ3v) is 8.10. The lowest BCUT2D eigenvalue weighted by Gasteiger charge is -2.62. The first-order valence-electron chi connectivity index (χ1n) is 11.1. The van der Waals surface area contributed by atoms with Crippen molar-refractivity contribution in [2.45, 2.75) is 111 Å². The molecule has 3 aliphatic rings. The van der Waals surface area contributed by atoms with Crippen LogP contribution in [0.5, 0.6) is 0 Å². The predicted octanol–water partition coefficient (Wildman–Crippen LogP) is 6.13. The van der Waals surface area contributed by atoms with Gasteiger partial charge in [0.15, 0.2) is 0 Å². The van der Waals surface area contributed by atoms with Crippen LogP contribution in [-0.4, -0.2) is 12.6 Å². The summed E-state index contributed by atoms with van der Waals surface area (Å²) in [5.41, 5.74) is 12.9. The topological polar surface area (TPSA) is 52.0 Å². The van der Waals surface area contributed by atoms with E-state index in [0.717, 1.165) is 17.8 Å². The fourth-order valence-corrected chi connectivity index (χ4v) is 6.88. The van der Waals surface area contributed by atoms with E-state index in [1.165, 1.54) is 71.3 Å². The van der Waals surface area contributed by atoms with Crippen molar-refractivity contribution in [3.63, 3.8) is 0 Å². The Hall–Kier alpha value is -0.0800. The van der Waals surface area contributed by atoms with Crippen molar-refractivity contribution in [2.75, 3.05) is 7.05 Å². The van der Waals surface area contributed by atoms with Crippen LogP contribution in [0.4, 0.5) is 0 Å². The lowest BCUT2D eigenvalue weighted by molar-refractivity contribution is -0.0878. The predicted molar refractivity (Wildman–Crippen MR) is 113 cm³/mol. The fraction of sp³-hybridized carbons (Fsp3) is 1.00. The molecule has 150 valence electrons. The minimum atomic E-state index is 0.153. The van der Waals surface area contributed by atoms with Crippen LogP contribution in [-0.2, 0) is 0 Å². The molecule has 0 amide bonds. The van der Waals surface area contributed by atoms with Crippen LogP contribution in [0.3, 0.4) is 0 Å². The Morgan fingerprint density at radius 1 is 0.880 bits per heavy atom. The molecule has 0 aromatic heterocycles. The second-order valence-electron chi connectivity index (χ2n) is 9.71. The van der Waals surface area contributed by atoms with Gasteiger partial charge < -0.3 is 11.5 Å². The molecular weight excluding hydrogens is 304 g/mol. The van der Waals surface area contributed by atoms with Gasteiger partial charge in [0, 0.05) is 5.54 Å². The minimum absolute atomic E-state index is 0.153. The lowest BCUT2D eigenvalue weighted by Crippen LogP contribution is -2.65. The van der Waals surface area contributed by atoms with Crippen molar-refractivity contribution in [1.82, 2.24) is 0 Å². The first-order chi connectivity index (χ1) is 11.8. The van der Waals surface area contributed by atoms with Crippen molar-refractivity contribution in [2.24, 2.45) is 40.1 Å². The highest BCUT2D eigenvalue weighted by Gasteiger charge is 2.62. The van der Waals surface area contributed by atoms with E-state index in [4.69, 9.17) is 5.73 Å². The van der Waals surface area contributed by atoms with Gasteiger partial charge in [0.2, 0.25) is 0 Å². The Morgan fingerprint density at radius 2 is 1.48 bits per heavy atom. The monoisotopic (exact) mass is 352 g/mol. The van der Waals surface area contributed by atoms with E-state index in [1.807, 2.05) is 0 Å². The van der Waals surface area contributed by atoms with Gasteiger partial charge in [-0.15, -0.1) is 0 Å². The molecule has 0 saturated heterocycles. The smallest absolute Gasteiger partial charge is 0.0222 e. The highest BCUT2D eigenvalue weighted by molar-refractivity contribution is 5.15. The van der Waals surface area contributed by atoms with Gasteiger partial charge >= 0.3 is 0 Å². The lowest BCUT2D eigenvalue weighted by atomic mass is 9.45. The summed E-state index contributed by atoms with van der Waals surface area (Å²) in [5.74, 6) is 2.46. The number of nitrogens with two attached hydrogens (primary N) is 2. The van der Waals surface area contributed by atoms with Crippen LogP contribution in [0.2, 0.25) is 0 Å². The number of fused-ring (bicyclic) bond motifs is 3. The molecular formula is C23H48N2. The average Bonchev–Trinajstić information content (AvgIpc) is 2.87. The Bertz CT molecular complexity index is 392. The molecule has 0 radical (unpaired) electrons. The molecule has 6 atom stereocenters. The maximum Gasteiger partial charge on any atom is 0.0222 e. The van der Waals surface area contributed by atoms with Crippen LogP contribution >= 0.6 is 0 Å². The average molecular weight is 353 g/mol. The van der Waals surface area contributed by atoms with Gasteiger partial charge in [-0.25, -0.2) is 0 Å². The van der Waals surface area contributed by atoms with Gasteiger partial charge in [0.05, 0.1) is 0 Å². The van der Waals surface area contributed by atoms with Crippen LogP contribution in [0, 0.1) is 28.6 Å². The van der Waals surface area contributed by atoms with Gasteiger partial charge in [0.25, 0.3) is 0 Å². The van der Waals surface area contributed by atoms with Crippen LogP contribution in [0.15, 0.2) is 0 Å². The Morgan fingerprint density at radius 3 is 2.04 bits per heavy atom. The van der Waals surface area contributed by atoms with Gasteiger partial charge in [0.1, 0.15) is 0 Å². The molecule has 2 heteroatoms. The number of rotatable bonds is 2. The highest BCUT2D eigenvalue weighted by Crippen LogP contribution is 2.65. The quantitative estimate of drug-likeness (QED) is 0.628. The highest BCUT2D eigenvalue weighted by atomic mass is 14.9. The molecule has 0 spiro atoms. The van der Waals surface area contributed by atoms with E-state index in [1.54, 1.807) is 0 Å². The molecule has 3 unspecified atom stereocenters. The normalized spacial score (nSPS) is 45.2. The third kappa shape index (κ3) is 4.10. The summed E-state index contributed by atoms with van der Waals surface area (Å²) in [7, 11) is 1.50. The Labute approximate surface area is 158 Å². The van der Waals surface area contributed by atoms with Gasteiger partial charge in [-0.3, -0.25) is 0 Å². The SMILES string of the molecule is CCC.CCC[C@@]1(C)CCC[C@]2(N)C1CC[C@]1(C)C(C)CCC12.CN. The van der Waals surface area contributed by atoms with Crippen LogP contribution in [0.1, 0.15) is 106 Å². The second kappa shape index (κ2) is 9.22. The molecule has 0 heterocycles. The summed E-state index contributed by atoms with van der Waals surface area (Å²) in [6.45, 7) is 14.2. The van der Waals surface area contributed by atoms with Crippen molar-refractivity contribution in [3.8, 4) is 0 Å². The first kappa shape index (κ1) is 23.0. The van der Waals surface area contributed by atoms with Gasteiger partial charge in [-0.1, -0.05) is 60.8 Å². The van der Waals surface area contributed by atoms with Crippen LogP contribution < -0.4 is 11.5 Å².